The van der Waals surface area contributed by atoms with Crippen molar-refractivity contribution in [3.05, 3.63) is 0 Å². The van der Waals surface area contributed by atoms with Crippen LogP contribution in [0.2, 0.25) is 0 Å². The second-order valence-corrected chi connectivity index (χ2v) is 0.874. The van der Waals surface area contributed by atoms with Crippen LogP contribution in [0.25, 0.3) is 0 Å². The van der Waals surface area contributed by atoms with E-state index in [1.54, 1.807) is 20.5 Å². The molecule has 0 aliphatic carbocycles. The summed E-state index contributed by atoms with van der Waals surface area (Å²) in [6.45, 7) is 0. The van der Waals surface area contributed by atoms with Crippen LogP contribution in [0, 0.1) is 0 Å². The molecule has 7 heavy (non-hydrogen) atoms. The second-order valence-electron chi connectivity index (χ2n) is 0.874. The first-order chi connectivity index (χ1) is 2.81. The minimum Gasteiger partial charge on any atom is -0.518 e. The minimum absolute atomic E-state index is 0. The molecule has 0 aliphatic rings. The maximum Gasteiger partial charge on any atom is 0.000716 e. The maximum absolute atomic E-state index is 9.47. The summed E-state index contributed by atoms with van der Waals surface area (Å²) in [4.78, 5) is 9.47. The summed E-state index contributed by atoms with van der Waals surface area (Å²) in [6, 6.07) is 0. The molecule has 0 aliphatic heterocycles. The first-order valence-corrected chi connectivity index (χ1v) is 1.60. The van der Waals surface area contributed by atoms with Crippen LogP contribution in [0.1, 0.15) is 0 Å². The average molecular weight is 176 g/mol. The van der Waals surface area contributed by atoms with Crippen LogP contribution in [0.5, 0.6) is 0 Å². The van der Waals surface area contributed by atoms with Gasteiger partial charge in [-0.15, -0.1) is 6.41 Å². The molecule has 1 N–H and O–H groups in total. The third kappa shape index (κ3) is 6.53. The van der Waals surface area contributed by atoms with Gasteiger partial charge in [-0.1, -0.05) is 0 Å². The van der Waals surface area contributed by atoms with Crippen molar-refractivity contribution in [1.82, 2.24) is 10.4 Å². The fraction of sp³-hybridized carbons (Fsp3) is 0.667. The van der Waals surface area contributed by atoms with Gasteiger partial charge in [-0.25, -0.2) is 0 Å². The molecule has 0 aromatic rings. The summed E-state index contributed by atoms with van der Waals surface area (Å²) >= 11 is 0. The van der Waals surface area contributed by atoms with E-state index in [0.717, 1.165) is 0 Å². The van der Waals surface area contributed by atoms with Gasteiger partial charge in [-0.3, -0.25) is 5.43 Å². The van der Waals surface area contributed by atoms with E-state index in [1.807, 2.05) is 0 Å². The fourth-order valence-corrected chi connectivity index (χ4v) is 0.0456. The maximum atomic E-state index is 9.47. The molecule has 0 aromatic heterocycles. The largest absolute Gasteiger partial charge is 0.518 e. The molecular formula is C3H7N2OY-. The number of nitrogens with one attached hydrogen (secondary N) is 1. The summed E-state index contributed by atoms with van der Waals surface area (Å²) < 4.78 is 0. The van der Waals surface area contributed by atoms with Gasteiger partial charge >= 0.3 is 0 Å². The third-order valence-corrected chi connectivity index (χ3v) is 0.472. The van der Waals surface area contributed by atoms with Crippen LogP contribution in [0.4, 0.5) is 0 Å². The van der Waals surface area contributed by atoms with Gasteiger partial charge in [0.05, 0.1) is 0 Å². The van der Waals surface area contributed by atoms with Gasteiger partial charge in [0.25, 0.3) is 0 Å². The summed E-state index contributed by atoms with van der Waals surface area (Å²) in [7, 11) is 3.22. The molecule has 39 valence electrons. The van der Waals surface area contributed by atoms with E-state index in [4.69, 9.17) is 0 Å². The Labute approximate surface area is 68.3 Å². The normalized spacial score (nSPS) is 6.57. The molecule has 0 heterocycles. The summed E-state index contributed by atoms with van der Waals surface area (Å²) in [5.41, 5.74) is 2.52. The Hall–Kier alpha value is 0.534. The molecule has 1 radical (unpaired) electrons. The summed E-state index contributed by atoms with van der Waals surface area (Å²) in [5.74, 6) is 0. The Balaban J connectivity index is 0. The molecule has 0 rings (SSSR count). The van der Waals surface area contributed by atoms with Gasteiger partial charge in [0.1, 0.15) is 0 Å². The Kier molecular flexibility index (Phi) is 9.80. The van der Waals surface area contributed by atoms with Crippen molar-refractivity contribution >= 4 is 6.41 Å². The molecule has 0 unspecified atom stereocenters. The van der Waals surface area contributed by atoms with Gasteiger partial charge in [0, 0.05) is 39.8 Å². The van der Waals surface area contributed by atoms with Crippen LogP contribution in [-0.4, -0.2) is 25.5 Å². The number of nitrogens with zero attached hydrogens (tertiary/aromatic N) is 1. The molecular weight excluding hydrogens is 169 g/mol. The molecule has 0 fully saturated rings. The number of carbonyl (C=O) groups excluding carboxylic acids is 1. The Morgan fingerprint density at radius 1 is 1.71 bits per heavy atom. The van der Waals surface area contributed by atoms with Crippen molar-refractivity contribution in [1.29, 1.82) is 0 Å². The number of hydrogen-bond acceptors (Lipinski definition) is 2. The minimum atomic E-state index is 0. The molecule has 0 spiro atoms. The van der Waals surface area contributed by atoms with Gasteiger partial charge in [-0.2, -0.15) is 0 Å². The number of hydrogen-bond donors (Lipinski definition) is 1. The zero-order chi connectivity index (χ0) is 4.99. The van der Waals surface area contributed by atoms with Gasteiger partial charge in [-0.05, 0) is 7.05 Å². The van der Waals surface area contributed by atoms with E-state index in [0.29, 0.717) is 0 Å². The van der Waals surface area contributed by atoms with E-state index < -0.39 is 0 Å². The molecule has 3 nitrogen and oxygen atoms in total. The Bertz CT molecular complexity index is 50.2. The summed E-state index contributed by atoms with van der Waals surface area (Å²) in [5, 5.41) is 1.19. The predicted molar refractivity (Wildman–Crippen MR) is 22.5 cm³/mol. The van der Waals surface area contributed by atoms with E-state index >= 15 is 0 Å². The third-order valence-electron chi connectivity index (χ3n) is 0.472. The quantitative estimate of drug-likeness (QED) is 0.336. The van der Waals surface area contributed by atoms with Crippen LogP contribution >= 0.6 is 0 Å². The average Bonchev–Trinajstić information content (AvgIpc) is 1.65. The van der Waals surface area contributed by atoms with Crippen molar-refractivity contribution in [2.45, 2.75) is 0 Å². The Morgan fingerprint density at radius 2 is 2.14 bits per heavy atom. The van der Waals surface area contributed by atoms with Gasteiger partial charge < -0.3 is 9.80 Å². The summed E-state index contributed by atoms with van der Waals surface area (Å²) in [6.07, 6.45) is 1.59. The van der Waals surface area contributed by atoms with Crippen LogP contribution < -0.4 is 5.43 Å². The van der Waals surface area contributed by atoms with Crippen molar-refractivity contribution < 1.29 is 37.5 Å². The molecule has 0 saturated heterocycles. The smallest absolute Gasteiger partial charge is 0.000716 e. The standard InChI is InChI=1S/C3H7N2O.Y/c1-4-5(2)3-6;/h4H,1-2H3;/q-1;. The molecule has 0 bridgehead atoms. The van der Waals surface area contributed by atoms with E-state index in [1.165, 1.54) is 5.01 Å². The fourth-order valence-electron chi connectivity index (χ4n) is 0.0456. The zero-order valence-electron chi connectivity index (χ0n) is 4.43. The second kappa shape index (κ2) is 6.53. The van der Waals surface area contributed by atoms with Crippen molar-refractivity contribution in [2.75, 3.05) is 14.1 Å². The van der Waals surface area contributed by atoms with Crippen LogP contribution in [-0.2, 0) is 37.5 Å². The van der Waals surface area contributed by atoms with Crippen LogP contribution in [0.15, 0.2) is 0 Å². The zero-order valence-corrected chi connectivity index (χ0v) is 7.27. The monoisotopic (exact) mass is 176 g/mol. The SMILES string of the molecule is CNN(C)[C-]=O.[Y]. The first kappa shape index (κ1) is 10.5. The van der Waals surface area contributed by atoms with Crippen LogP contribution in [0.3, 0.4) is 0 Å². The first-order valence-electron chi connectivity index (χ1n) is 1.60. The van der Waals surface area contributed by atoms with Crippen molar-refractivity contribution in [2.24, 2.45) is 0 Å². The van der Waals surface area contributed by atoms with Crippen molar-refractivity contribution in [3.63, 3.8) is 0 Å². The van der Waals surface area contributed by atoms with Crippen molar-refractivity contribution in [3.8, 4) is 0 Å². The molecule has 1 amide bonds. The number of amides is 1. The molecule has 0 saturated carbocycles. The van der Waals surface area contributed by atoms with E-state index in [9.17, 15) is 4.79 Å². The predicted octanol–water partition coefficient (Wildman–Crippen LogP) is -0.883. The van der Waals surface area contributed by atoms with E-state index in [-0.39, 0.29) is 32.7 Å². The molecule has 0 atom stereocenters. The molecule has 4 heteroatoms. The number of rotatable bonds is 2. The number of hydrazine groups is 1. The van der Waals surface area contributed by atoms with E-state index in [2.05, 4.69) is 5.43 Å². The van der Waals surface area contributed by atoms with Gasteiger partial charge in [0.15, 0.2) is 0 Å². The Morgan fingerprint density at radius 3 is 2.14 bits per heavy atom. The van der Waals surface area contributed by atoms with Gasteiger partial charge in [0.2, 0.25) is 0 Å². The topological polar surface area (TPSA) is 32.3 Å². The molecule has 0 aromatic carbocycles.